The average Bonchev–Trinajstić information content (AvgIpc) is 3.75. The maximum atomic E-state index is 14.0. The third-order valence-electron chi connectivity index (χ3n) is 9.63. The van der Waals surface area contributed by atoms with Gasteiger partial charge in [-0.05, 0) is 72.2 Å². The van der Waals surface area contributed by atoms with Crippen LogP contribution in [0.25, 0.3) is 0 Å². The van der Waals surface area contributed by atoms with E-state index in [1.807, 2.05) is 12.1 Å². The van der Waals surface area contributed by atoms with Gasteiger partial charge in [-0.1, -0.05) is 46.7 Å². The molecule has 3 heterocycles. The van der Waals surface area contributed by atoms with Gasteiger partial charge in [0.2, 0.25) is 11.8 Å². The highest BCUT2D eigenvalue weighted by Crippen LogP contribution is 2.69. The summed E-state index contributed by atoms with van der Waals surface area (Å²) in [5, 5.41) is 13.7. The Morgan fingerprint density at radius 3 is 2.44 bits per heavy atom. The molecule has 4 aliphatic rings. The molecule has 1 saturated heterocycles. The summed E-state index contributed by atoms with van der Waals surface area (Å²) in [6.45, 7) is 0.178. The van der Waals surface area contributed by atoms with Crippen molar-refractivity contribution in [2.45, 2.75) is 29.2 Å². The predicted octanol–water partition coefficient (Wildman–Crippen LogP) is 6.91. The van der Waals surface area contributed by atoms with E-state index in [9.17, 15) is 24.5 Å². The van der Waals surface area contributed by atoms with Crippen LogP contribution in [-0.2, 0) is 16.2 Å². The van der Waals surface area contributed by atoms with Gasteiger partial charge in [-0.2, -0.15) is 0 Å². The lowest BCUT2D eigenvalue weighted by molar-refractivity contribution is -0.385. The third kappa shape index (κ3) is 4.54. The van der Waals surface area contributed by atoms with Crippen molar-refractivity contribution in [1.29, 1.82) is 0 Å². The molecule has 228 valence electrons. The minimum absolute atomic E-state index is 0.0824. The smallest absolute Gasteiger partial charge is 0.305 e. The molecular weight excluding hydrogens is 657 g/mol. The van der Waals surface area contributed by atoms with E-state index in [0.717, 1.165) is 21.8 Å². The number of rotatable bonds is 6. The van der Waals surface area contributed by atoms with Crippen LogP contribution in [0, 0.1) is 39.7 Å². The predicted molar refractivity (Wildman–Crippen MR) is 171 cm³/mol. The second-order valence-corrected chi connectivity index (χ2v) is 14.9. The number of benzene rings is 3. The molecule has 1 aromatic heterocycles. The highest BCUT2D eigenvalue weighted by Gasteiger charge is 2.70. The number of hydrogen-bond donors (Lipinski definition) is 1. The largest absolute Gasteiger partial charge is 0.489 e. The minimum Gasteiger partial charge on any atom is -0.489 e. The van der Waals surface area contributed by atoms with Crippen molar-refractivity contribution >= 4 is 69.5 Å². The normalized spacial score (nSPS) is 27.8. The van der Waals surface area contributed by atoms with Crippen LogP contribution in [0.1, 0.15) is 28.3 Å². The molecule has 1 N–H and O–H groups in total. The average molecular weight is 681 g/mol. The topological polar surface area (TPSA) is 123 Å². The molecule has 8 rings (SSSR count). The summed E-state index contributed by atoms with van der Waals surface area (Å²) in [5.41, 5.74) is 1.82. The number of carbonyl (C=O) groups excluding carboxylic acids is 2. The van der Waals surface area contributed by atoms with Crippen LogP contribution < -0.4 is 14.5 Å². The van der Waals surface area contributed by atoms with Gasteiger partial charge in [0.05, 0.1) is 27.5 Å². The van der Waals surface area contributed by atoms with Crippen molar-refractivity contribution in [3.63, 3.8) is 0 Å². The van der Waals surface area contributed by atoms with Crippen molar-refractivity contribution in [1.82, 2.24) is 4.98 Å². The number of halogens is 2. The van der Waals surface area contributed by atoms with Gasteiger partial charge in [0.1, 0.15) is 12.4 Å². The van der Waals surface area contributed by atoms with E-state index in [2.05, 4.69) is 4.98 Å². The number of fused-ring (bicyclic) bond motifs is 9. The van der Waals surface area contributed by atoms with Gasteiger partial charge >= 0.3 is 4.87 Å². The van der Waals surface area contributed by atoms with E-state index in [1.165, 1.54) is 17.0 Å². The lowest BCUT2D eigenvalue weighted by Gasteiger charge is -2.43. The molecule has 2 aliphatic carbocycles. The van der Waals surface area contributed by atoms with Gasteiger partial charge in [0, 0.05) is 43.8 Å². The summed E-state index contributed by atoms with van der Waals surface area (Å²) < 4.78 is 6.31. The number of imide groups is 1. The fourth-order valence-corrected chi connectivity index (χ4v) is 11.2. The summed E-state index contributed by atoms with van der Waals surface area (Å²) in [4.78, 5) is 57.0. The van der Waals surface area contributed by atoms with Gasteiger partial charge in [-0.3, -0.25) is 29.4 Å². The van der Waals surface area contributed by atoms with Crippen LogP contribution in [0.3, 0.4) is 0 Å². The second-order valence-electron chi connectivity index (χ2n) is 11.8. The number of thioether (sulfide) groups is 1. The molecule has 2 aliphatic heterocycles. The molecule has 0 radical (unpaired) electrons. The Kier molecular flexibility index (Phi) is 6.86. The number of anilines is 1. The van der Waals surface area contributed by atoms with E-state index in [-0.39, 0.29) is 52.0 Å². The fourth-order valence-electron chi connectivity index (χ4n) is 8.02. The highest BCUT2D eigenvalue weighted by molar-refractivity contribution is 8.00. The van der Waals surface area contributed by atoms with E-state index in [1.54, 1.807) is 54.2 Å². The third-order valence-corrected chi connectivity index (χ3v) is 12.7. The maximum Gasteiger partial charge on any atom is 0.305 e. The number of thiazole rings is 1. The van der Waals surface area contributed by atoms with Crippen molar-refractivity contribution in [2.75, 3.05) is 4.90 Å². The second kappa shape index (κ2) is 10.7. The van der Waals surface area contributed by atoms with E-state index in [0.29, 0.717) is 38.5 Å². The molecule has 13 heteroatoms. The van der Waals surface area contributed by atoms with E-state index >= 15 is 0 Å². The van der Waals surface area contributed by atoms with Crippen molar-refractivity contribution in [2.24, 2.45) is 29.6 Å². The van der Waals surface area contributed by atoms with Crippen LogP contribution in [0.2, 0.25) is 10.0 Å². The number of aromatic amines is 1. The van der Waals surface area contributed by atoms with Crippen LogP contribution in [0.15, 0.2) is 76.6 Å². The molecule has 2 amide bonds. The number of ether oxygens (including phenoxy) is 1. The highest BCUT2D eigenvalue weighted by atomic mass is 35.5. The van der Waals surface area contributed by atoms with Crippen LogP contribution in [0.4, 0.5) is 11.4 Å². The first-order valence-corrected chi connectivity index (χ1v) is 16.8. The van der Waals surface area contributed by atoms with Gasteiger partial charge in [0.25, 0.3) is 5.69 Å². The van der Waals surface area contributed by atoms with Crippen molar-refractivity contribution in [3.8, 4) is 5.75 Å². The summed E-state index contributed by atoms with van der Waals surface area (Å²) in [7, 11) is 0. The number of amides is 2. The Labute approximate surface area is 274 Å². The Bertz CT molecular complexity index is 1960. The molecule has 0 spiro atoms. The SMILES string of the molecule is O=C1C2C3CC(C2C(=O)N1c1ccc(Cl)cc1)C1C3Sc2[nH]c(=O)sc2[C@@H]1c1cc([N+](=O)[O-])ccc1OCc1cccc(Cl)c1. The summed E-state index contributed by atoms with van der Waals surface area (Å²) in [6, 6.07) is 18.5. The van der Waals surface area contributed by atoms with E-state index in [4.69, 9.17) is 27.9 Å². The number of carbonyl (C=O) groups is 2. The first kappa shape index (κ1) is 28.8. The zero-order valence-corrected chi connectivity index (χ0v) is 26.4. The molecule has 2 bridgehead atoms. The number of aromatic nitrogens is 1. The lowest BCUT2D eigenvalue weighted by atomic mass is 9.68. The fraction of sp³-hybridized carbons (Fsp3) is 0.281. The Balaban J connectivity index is 1.22. The number of H-pyrrole nitrogens is 1. The van der Waals surface area contributed by atoms with Crippen molar-refractivity contribution < 1.29 is 19.2 Å². The van der Waals surface area contributed by atoms with Gasteiger partial charge in [-0.15, -0.1) is 11.8 Å². The summed E-state index contributed by atoms with van der Waals surface area (Å²) in [5.74, 6) is -1.84. The Morgan fingerprint density at radius 1 is 0.956 bits per heavy atom. The molecule has 4 aromatic rings. The van der Waals surface area contributed by atoms with Gasteiger partial charge in [0.15, 0.2) is 0 Å². The monoisotopic (exact) mass is 679 g/mol. The number of nitrogens with zero attached hydrogens (tertiary/aromatic N) is 2. The van der Waals surface area contributed by atoms with Gasteiger partial charge < -0.3 is 9.72 Å². The molecule has 2 saturated carbocycles. The molecule has 9 nitrogen and oxygen atoms in total. The Hall–Kier alpha value is -3.64. The molecular formula is C32H23Cl2N3O6S2. The maximum absolute atomic E-state index is 14.0. The van der Waals surface area contributed by atoms with Crippen LogP contribution in [0.5, 0.6) is 5.75 Å². The number of nitrogens with one attached hydrogen (secondary N) is 1. The number of hydrogen-bond acceptors (Lipinski definition) is 8. The van der Waals surface area contributed by atoms with Gasteiger partial charge in [-0.25, -0.2) is 0 Å². The first-order chi connectivity index (χ1) is 21.7. The van der Waals surface area contributed by atoms with E-state index < -0.39 is 22.7 Å². The zero-order chi connectivity index (χ0) is 31.1. The van der Waals surface area contributed by atoms with Crippen LogP contribution in [-0.4, -0.2) is 27.0 Å². The summed E-state index contributed by atoms with van der Waals surface area (Å²) >= 11 is 14.9. The number of nitro groups is 1. The first-order valence-electron chi connectivity index (χ1n) is 14.4. The van der Waals surface area contributed by atoms with Crippen molar-refractivity contribution in [3.05, 3.63) is 113 Å². The van der Waals surface area contributed by atoms with Crippen LogP contribution >= 0.6 is 46.3 Å². The standard InChI is InChI=1S/C32H23Cl2N3O6S2/c33-15-4-6-17(7-5-15)36-30(38)25-20-12-21(26(25)31(36)39)27-24(20)23(28-29(44-27)35-32(40)45-28)19-11-18(37(41)42)8-9-22(19)43-13-14-2-1-3-16(34)10-14/h1-11,20-21,23-27H,12-13H2,(H,35,40)/t20?,21?,23-,24?,25?,26?,27?/m1/s1. The molecule has 7 atom stereocenters. The number of non-ortho nitro benzene ring substituents is 1. The minimum atomic E-state index is -0.519. The lowest BCUT2D eigenvalue weighted by Crippen LogP contribution is -2.42. The molecule has 45 heavy (non-hydrogen) atoms. The Morgan fingerprint density at radius 2 is 1.71 bits per heavy atom. The molecule has 3 fully saturated rings. The number of nitro benzene ring substituents is 1. The zero-order valence-electron chi connectivity index (χ0n) is 23.2. The molecule has 6 unspecified atom stereocenters. The molecule has 3 aromatic carbocycles. The summed E-state index contributed by atoms with van der Waals surface area (Å²) in [6.07, 6.45) is 0.687. The quantitative estimate of drug-likeness (QED) is 0.133.